The summed E-state index contributed by atoms with van der Waals surface area (Å²) in [6, 6.07) is 5.66. The minimum atomic E-state index is -0.208. The Morgan fingerprint density at radius 2 is 2.12 bits per heavy atom. The molecule has 1 heterocycles. The number of rotatable bonds is 2. The number of nitrogens with zero attached hydrogens (tertiary/aromatic N) is 4. The van der Waals surface area contributed by atoms with Crippen LogP contribution in [0.25, 0.3) is 0 Å². The molecule has 0 saturated heterocycles. The summed E-state index contributed by atoms with van der Waals surface area (Å²) in [5, 5.41) is 13.4. The van der Waals surface area contributed by atoms with E-state index in [1.165, 1.54) is 4.68 Å². The van der Waals surface area contributed by atoms with Crippen molar-refractivity contribution >= 4 is 11.9 Å². The Balaban J connectivity index is 2.23. The second kappa shape index (κ2) is 4.32. The van der Waals surface area contributed by atoms with Crippen molar-refractivity contribution in [2.45, 2.75) is 13.8 Å². The van der Waals surface area contributed by atoms with Crippen LogP contribution in [0.15, 0.2) is 18.2 Å². The highest BCUT2D eigenvalue weighted by Gasteiger charge is 2.12. The molecule has 0 atom stereocenters. The Hall–Kier alpha value is -2.24. The van der Waals surface area contributed by atoms with E-state index in [-0.39, 0.29) is 5.91 Å². The molecule has 2 rings (SSSR count). The SMILES string of the molecule is Cc1ccc(C(=O)Nc2nnnn2C)c(C)c1. The normalized spacial score (nSPS) is 10.3. The van der Waals surface area contributed by atoms with Gasteiger partial charge in [0.1, 0.15) is 0 Å². The molecule has 17 heavy (non-hydrogen) atoms. The molecule has 0 fully saturated rings. The van der Waals surface area contributed by atoms with Crippen LogP contribution in [0.4, 0.5) is 5.95 Å². The summed E-state index contributed by atoms with van der Waals surface area (Å²) in [6.07, 6.45) is 0. The zero-order valence-electron chi connectivity index (χ0n) is 9.93. The molecule has 0 aliphatic carbocycles. The molecule has 0 bridgehead atoms. The Bertz CT molecular complexity index is 561. The lowest BCUT2D eigenvalue weighted by atomic mass is 10.1. The molecule has 1 aromatic carbocycles. The van der Waals surface area contributed by atoms with E-state index < -0.39 is 0 Å². The molecule has 1 aromatic heterocycles. The molecular weight excluding hydrogens is 218 g/mol. The number of aryl methyl sites for hydroxylation is 3. The molecule has 0 aliphatic heterocycles. The van der Waals surface area contributed by atoms with Gasteiger partial charge in [-0.2, -0.15) is 0 Å². The zero-order chi connectivity index (χ0) is 12.4. The summed E-state index contributed by atoms with van der Waals surface area (Å²) in [6.45, 7) is 3.89. The van der Waals surface area contributed by atoms with Gasteiger partial charge in [-0.15, -0.1) is 0 Å². The summed E-state index contributed by atoms with van der Waals surface area (Å²) in [5.41, 5.74) is 2.68. The second-order valence-corrected chi connectivity index (χ2v) is 3.90. The predicted molar refractivity (Wildman–Crippen MR) is 62.7 cm³/mol. The van der Waals surface area contributed by atoms with Gasteiger partial charge in [0.15, 0.2) is 0 Å². The van der Waals surface area contributed by atoms with E-state index in [9.17, 15) is 4.79 Å². The third-order valence-corrected chi connectivity index (χ3v) is 2.47. The Morgan fingerprint density at radius 3 is 2.71 bits per heavy atom. The van der Waals surface area contributed by atoms with Crippen LogP contribution in [0.1, 0.15) is 21.5 Å². The van der Waals surface area contributed by atoms with Gasteiger partial charge < -0.3 is 0 Å². The van der Waals surface area contributed by atoms with Crippen LogP contribution >= 0.6 is 0 Å². The molecule has 0 saturated carbocycles. The topological polar surface area (TPSA) is 72.7 Å². The van der Waals surface area contributed by atoms with Gasteiger partial charge in [-0.1, -0.05) is 22.8 Å². The maximum absolute atomic E-state index is 12.0. The van der Waals surface area contributed by atoms with Gasteiger partial charge in [0, 0.05) is 12.6 Å². The minimum absolute atomic E-state index is 0.208. The number of anilines is 1. The largest absolute Gasteiger partial charge is 0.289 e. The van der Waals surface area contributed by atoms with Crippen molar-refractivity contribution in [3.05, 3.63) is 34.9 Å². The molecule has 1 N–H and O–H groups in total. The molecule has 0 unspecified atom stereocenters. The number of aromatic nitrogens is 4. The van der Waals surface area contributed by atoms with Crippen LogP contribution in [0.3, 0.4) is 0 Å². The van der Waals surface area contributed by atoms with Crippen LogP contribution in [0.5, 0.6) is 0 Å². The molecule has 88 valence electrons. The van der Waals surface area contributed by atoms with Gasteiger partial charge in [-0.3, -0.25) is 10.1 Å². The van der Waals surface area contributed by atoms with Gasteiger partial charge in [0.2, 0.25) is 5.95 Å². The van der Waals surface area contributed by atoms with Crippen molar-refractivity contribution in [2.75, 3.05) is 5.32 Å². The van der Waals surface area contributed by atoms with Crippen molar-refractivity contribution < 1.29 is 4.79 Å². The van der Waals surface area contributed by atoms with Crippen LogP contribution in [0.2, 0.25) is 0 Å². The number of benzene rings is 1. The number of nitrogens with one attached hydrogen (secondary N) is 1. The molecule has 0 aliphatic rings. The highest BCUT2D eigenvalue weighted by Crippen LogP contribution is 2.12. The average Bonchev–Trinajstić information content (AvgIpc) is 2.64. The van der Waals surface area contributed by atoms with Crippen LogP contribution in [-0.4, -0.2) is 26.1 Å². The highest BCUT2D eigenvalue weighted by molar-refractivity contribution is 6.04. The number of hydrogen-bond acceptors (Lipinski definition) is 4. The van der Waals surface area contributed by atoms with Crippen molar-refractivity contribution in [2.24, 2.45) is 7.05 Å². The third kappa shape index (κ3) is 2.30. The van der Waals surface area contributed by atoms with E-state index in [1.807, 2.05) is 26.0 Å². The number of hydrogen-bond donors (Lipinski definition) is 1. The number of carbonyl (C=O) groups is 1. The van der Waals surface area contributed by atoms with E-state index >= 15 is 0 Å². The van der Waals surface area contributed by atoms with Gasteiger partial charge in [0.25, 0.3) is 5.91 Å². The first-order chi connectivity index (χ1) is 8.08. The standard InChI is InChI=1S/C11H13N5O/c1-7-4-5-9(8(2)6-7)10(17)12-11-13-14-15-16(11)3/h4-6H,1-3H3,(H,12,13,15,17). The molecule has 0 spiro atoms. The van der Waals surface area contributed by atoms with Crippen LogP contribution in [0, 0.1) is 13.8 Å². The van der Waals surface area contributed by atoms with Crippen molar-refractivity contribution in [1.82, 2.24) is 20.2 Å². The first-order valence-electron chi connectivity index (χ1n) is 5.19. The lowest BCUT2D eigenvalue weighted by Crippen LogP contribution is -2.16. The summed E-state index contributed by atoms with van der Waals surface area (Å²) >= 11 is 0. The maximum Gasteiger partial charge on any atom is 0.258 e. The van der Waals surface area contributed by atoms with E-state index in [1.54, 1.807) is 13.1 Å². The van der Waals surface area contributed by atoms with Crippen molar-refractivity contribution in [3.8, 4) is 0 Å². The average molecular weight is 231 g/mol. The van der Waals surface area contributed by atoms with E-state index in [2.05, 4.69) is 20.8 Å². The fourth-order valence-corrected chi connectivity index (χ4v) is 1.57. The van der Waals surface area contributed by atoms with Gasteiger partial charge in [-0.25, -0.2) is 4.68 Å². The highest BCUT2D eigenvalue weighted by atomic mass is 16.1. The molecule has 6 heteroatoms. The van der Waals surface area contributed by atoms with Gasteiger partial charge >= 0.3 is 0 Å². The summed E-state index contributed by atoms with van der Waals surface area (Å²) in [4.78, 5) is 12.0. The predicted octanol–water partition coefficient (Wildman–Crippen LogP) is 1.08. The molecule has 1 amide bonds. The monoisotopic (exact) mass is 231 g/mol. The van der Waals surface area contributed by atoms with Crippen molar-refractivity contribution in [3.63, 3.8) is 0 Å². The first-order valence-corrected chi connectivity index (χ1v) is 5.19. The minimum Gasteiger partial charge on any atom is -0.289 e. The summed E-state index contributed by atoms with van der Waals surface area (Å²) in [7, 11) is 1.66. The fourth-order valence-electron chi connectivity index (χ4n) is 1.57. The Kier molecular flexibility index (Phi) is 2.86. The Morgan fingerprint density at radius 1 is 1.35 bits per heavy atom. The fraction of sp³-hybridized carbons (Fsp3) is 0.273. The van der Waals surface area contributed by atoms with Crippen molar-refractivity contribution in [1.29, 1.82) is 0 Å². The number of amides is 1. The lowest BCUT2D eigenvalue weighted by molar-refractivity contribution is 0.102. The van der Waals surface area contributed by atoms with Gasteiger partial charge in [0.05, 0.1) is 0 Å². The van der Waals surface area contributed by atoms with Gasteiger partial charge in [-0.05, 0) is 35.9 Å². The molecule has 6 nitrogen and oxygen atoms in total. The smallest absolute Gasteiger partial charge is 0.258 e. The Labute approximate surface area is 98.6 Å². The van der Waals surface area contributed by atoms with E-state index in [0.717, 1.165) is 11.1 Å². The maximum atomic E-state index is 12.0. The second-order valence-electron chi connectivity index (χ2n) is 3.90. The van der Waals surface area contributed by atoms with Crippen LogP contribution < -0.4 is 5.32 Å². The van der Waals surface area contributed by atoms with E-state index in [4.69, 9.17) is 0 Å². The first kappa shape index (κ1) is 11.3. The van der Waals surface area contributed by atoms with E-state index in [0.29, 0.717) is 11.5 Å². The molecule has 2 aromatic rings. The lowest BCUT2D eigenvalue weighted by Gasteiger charge is -2.06. The zero-order valence-corrected chi connectivity index (χ0v) is 9.93. The quantitative estimate of drug-likeness (QED) is 0.839. The summed E-state index contributed by atoms with van der Waals surface area (Å²) in [5.74, 6) is 0.121. The van der Waals surface area contributed by atoms with Crippen LogP contribution in [-0.2, 0) is 7.05 Å². The number of carbonyl (C=O) groups excluding carboxylic acids is 1. The summed E-state index contributed by atoms with van der Waals surface area (Å²) < 4.78 is 1.40. The molecule has 0 radical (unpaired) electrons. The third-order valence-electron chi connectivity index (χ3n) is 2.47. The molecular formula is C11H13N5O. The number of tetrazole rings is 1.